The fourth-order valence-corrected chi connectivity index (χ4v) is 3.10. The lowest BCUT2D eigenvalue weighted by molar-refractivity contribution is -0.205. The van der Waals surface area contributed by atoms with Crippen molar-refractivity contribution < 1.29 is 47.5 Å². The number of rotatable bonds is 7. The first-order chi connectivity index (χ1) is 11.1. The maximum Gasteiger partial charge on any atom is 0.466 e. The van der Waals surface area contributed by atoms with Gasteiger partial charge in [0.15, 0.2) is 0 Å². The number of hydrogen-bond acceptors (Lipinski definition) is 11. The molecule has 1 fully saturated rings. The lowest BCUT2D eigenvalue weighted by Gasteiger charge is -2.39. The van der Waals surface area contributed by atoms with Crippen molar-refractivity contribution in [3.63, 3.8) is 0 Å². The number of aliphatic hydroxyl groups excluding tert-OH is 5. The smallest absolute Gasteiger partial charge is 0.394 e. The Bertz CT molecular complexity index is 551. The highest BCUT2D eigenvalue weighted by Crippen LogP contribution is 2.30. The maximum absolute atomic E-state index is 10.6. The Labute approximate surface area is 142 Å². The van der Waals surface area contributed by atoms with E-state index in [0.717, 1.165) is 6.08 Å². The summed E-state index contributed by atoms with van der Waals surface area (Å²) in [4.78, 5) is 0. The molecule has 0 bridgehead atoms. The third-order valence-corrected chi connectivity index (χ3v) is 4.39. The summed E-state index contributed by atoms with van der Waals surface area (Å²) in [5.74, 6) is 0. The van der Waals surface area contributed by atoms with E-state index in [2.05, 4.69) is 16.0 Å². The first-order valence-electron chi connectivity index (χ1n) is 6.59. The summed E-state index contributed by atoms with van der Waals surface area (Å²) in [6, 6.07) is 0. The van der Waals surface area contributed by atoms with E-state index in [1.165, 1.54) is 0 Å². The van der Waals surface area contributed by atoms with Gasteiger partial charge >= 0.3 is 10.4 Å². The van der Waals surface area contributed by atoms with E-state index in [1.807, 2.05) is 0 Å². The average Bonchev–Trinajstić information content (AvgIpc) is 2.52. The van der Waals surface area contributed by atoms with Crippen LogP contribution in [0.2, 0.25) is 0 Å². The van der Waals surface area contributed by atoms with Crippen LogP contribution in [-0.4, -0.2) is 86.1 Å². The van der Waals surface area contributed by atoms with Gasteiger partial charge in [-0.3, -0.25) is 4.55 Å². The van der Waals surface area contributed by atoms with E-state index in [0.29, 0.717) is 11.8 Å². The number of ether oxygens (including phenoxy) is 1. The predicted octanol–water partition coefficient (Wildman–Crippen LogP) is -2.41. The fraction of sp³-hybridized carbons (Fsp3) is 0.727. The Kier molecular flexibility index (Phi) is 8.04. The number of aliphatic hydroxyl groups is 5. The summed E-state index contributed by atoms with van der Waals surface area (Å²) >= 11 is 0.570. The lowest BCUT2D eigenvalue weighted by atomic mass is 10.0. The molecule has 1 aliphatic rings. The zero-order chi connectivity index (χ0) is 18.5. The van der Waals surface area contributed by atoms with Crippen LogP contribution in [0.15, 0.2) is 17.8 Å². The highest BCUT2D eigenvalue weighted by Gasteiger charge is 2.44. The summed E-state index contributed by atoms with van der Waals surface area (Å²) < 4.78 is 38.8. The summed E-state index contributed by atoms with van der Waals surface area (Å²) in [5.41, 5.74) is -1.26. The average molecular weight is 389 g/mol. The third kappa shape index (κ3) is 6.27. The van der Waals surface area contributed by atoms with E-state index in [-0.39, 0.29) is 11.5 Å². The van der Waals surface area contributed by atoms with Crippen LogP contribution >= 0.6 is 11.8 Å². The Morgan fingerprint density at radius 3 is 2.46 bits per heavy atom. The van der Waals surface area contributed by atoms with E-state index in [9.17, 15) is 28.8 Å². The molecule has 1 rings (SSSR count). The van der Waals surface area contributed by atoms with Crippen LogP contribution in [0.1, 0.15) is 6.42 Å². The molecule has 0 amide bonds. The van der Waals surface area contributed by atoms with Gasteiger partial charge in [0.25, 0.3) is 0 Å². The van der Waals surface area contributed by atoms with E-state index in [1.54, 1.807) is 0 Å². The van der Waals surface area contributed by atoms with Crippen molar-refractivity contribution in [3.8, 4) is 0 Å². The number of hydrogen-bond donors (Lipinski definition) is 6. The normalized spacial score (nSPS) is 33.1. The van der Waals surface area contributed by atoms with Gasteiger partial charge in [-0.25, -0.2) is 4.28 Å². The van der Waals surface area contributed by atoms with Crippen molar-refractivity contribution in [1.82, 2.24) is 0 Å². The molecule has 0 aromatic heterocycles. The van der Waals surface area contributed by atoms with E-state index < -0.39 is 53.0 Å². The molecule has 13 heteroatoms. The second-order valence-electron chi connectivity index (χ2n) is 4.81. The van der Waals surface area contributed by atoms with Crippen LogP contribution in [0.3, 0.4) is 0 Å². The van der Waals surface area contributed by atoms with Crippen molar-refractivity contribution in [3.05, 3.63) is 12.7 Å². The minimum absolute atomic E-state index is 0.218. The zero-order valence-corrected chi connectivity index (χ0v) is 13.9. The predicted molar refractivity (Wildman–Crippen MR) is 82.2 cm³/mol. The van der Waals surface area contributed by atoms with Crippen LogP contribution in [0, 0.1) is 0 Å². The van der Waals surface area contributed by atoms with Crippen molar-refractivity contribution in [2.75, 3.05) is 6.61 Å². The molecule has 1 aliphatic heterocycles. The van der Waals surface area contributed by atoms with Crippen LogP contribution < -0.4 is 0 Å². The van der Waals surface area contributed by atoms with Gasteiger partial charge in [0.05, 0.1) is 12.7 Å². The molecular weight excluding hydrogens is 370 g/mol. The van der Waals surface area contributed by atoms with Gasteiger partial charge in [-0.05, 0) is 0 Å². The Balaban J connectivity index is 2.92. The number of nitrogens with zero attached hydrogens (tertiary/aromatic N) is 1. The molecule has 0 radical (unpaired) electrons. The lowest BCUT2D eigenvalue weighted by Crippen LogP contribution is -2.57. The molecule has 1 heterocycles. The zero-order valence-electron chi connectivity index (χ0n) is 12.2. The Hall–Kier alpha value is -0.770. The van der Waals surface area contributed by atoms with Crippen molar-refractivity contribution in [2.24, 2.45) is 5.16 Å². The maximum atomic E-state index is 10.6. The topological polar surface area (TPSA) is 186 Å². The fourth-order valence-electron chi connectivity index (χ4n) is 1.76. The molecule has 6 atom stereocenters. The van der Waals surface area contributed by atoms with Crippen LogP contribution in [0.4, 0.5) is 0 Å². The Morgan fingerprint density at radius 2 is 1.96 bits per heavy atom. The second-order valence-corrected chi connectivity index (χ2v) is 6.99. The molecule has 0 aromatic rings. The molecule has 11 nitrogen and oxygen atoms in total. The molecule has 140 valence electrons. The molecule has 0 aromatic carbocycles. The van der Waals surface area contributed by atoms with E-state index in [4.69, 9.17) is 14.4 Å². The monoisotopic (exact) mass is 389 g/mol. The van der Waals surface area contributed by atoms with Gasteiger partial charge in [-0.15, -0.1) is 6.58 Å². The highest BCUT2D eigenvalue weighted by atomic mass is 32.3. The molecule has 6 N–H and O–H groups in total. The van der Waals surface area contributed by atoms with Crippen LogP contribution in [-0.2, 0) is 19.4 Å². The van der Waals surface area contributed by atoms with Gasteiger partial charge in [0, 0.05) is 6.42 Å². The third-order valence-electron chi connectivity index (χ3n) is 2.99. The molecular formula is C11H19NO10S2. The summed E-state index contributed by atoms with van der Waals surface area (Å²) in [7, 11) is -4.89. The highest BCUT2D eigenvalue weighted by molar-refractivity contribution is 8.14. The van der Waals surface area contributed by atoms with Crippen molar-refractivity contribution >= 4 is 27.2 Å². The quantitative estimate of drug-likeness (QED) is 0.0895. The second kappa shape index (κ2) is 9.07. The molecule has 0 unspecified atom stereocenters. The summed E-state index contributed by atoms with van der Waals surface area (Å²) in [6.45, 7) is 2.67. The SMILES string of the molecule is C=C[C@H](O)C/C(=N\OS(=O)(=O)O)S[C@H]1O[C@@H](CO)[C@H](O)[C@H](O)[C@H]1O. The molecule has 24 heavy (non-hydrogen) atoms. The van der Waals surface area contributed by atoms with Gasteiger partial charge in [0.2, 0.25) is 0 Å². The largest absolute Gasteiger partial charge is 0.466 e. The van der Waals surface area contributed by atoms with Gasteiger partial charge < -0.3 is 30.3 Å². The number of oxime groups is 1. The van der Waals surface area contributed by atoms with Crippen LogP contribution in [0.5, 0.6) is 0 Å². The minimum atomic E-state index is -4.89. The van der Waals surface area contributed by atoms with Gasteiger partial charge in [-0.2, -0.15) is 8.42 Å². The number of thioether (sulfide) groups is 1. The molecule has 1 saturated heterocycles. The first-order valence-corrected chi connectivity index (χ1v) is 8.84. The van der Waals surface area contributed by atoms with Crippen molar-refractivity contribution in [1.29, 1.82) is 0 Å². The van der Waals surface area contributed by atoms with Crippen LogP contribution in [0.25, 0.3) is 0 Å². The minimum Gasteiger partial charge on any atom is -0.394 e. The molecule has 0 aliphatic carbocycles. The Morgan fingerprint density at radius 1 is 1.33 bits per heavy atom. The molecule has 0 spiro atoms. The first kappa shape index (κ1) is 21.3. The van der Waals surface area contributed by atoms with Crippen molar-refractivity contribution in [2.45, 2.75) is 42.4 Å². The molecule has 0 saturated carbocycles. The van der Waals surface area contributed by atoms with Gasteiger partial charge in [-0.1, -0.05) is 23.0 Å². The van der Waals surface area contributed by atoms with Gasteiger partial charge in [0.1, 0.15) is 34.9 Å². The standard InChI is InChI=1S/C11H19NO10S2/c1-2-5(14)3-7(12-22-24(18,19)20)23-11-10(17)9(16)8(15)6(4-13)21-11/h2,5-6,8-11,13-17H,1,3-4H2,(H,18,19,20)/b12-7+/t5-,6-,8-,9-,10+,11+/m0/s1. The summed E-state index contributed by atoms with van der Waals surface area (Å²) in [5, 5.41) is 50.8. The van der Waals surface area contributed by atoms with E-state index >= 15 is 0 Å². The summed E-state index contributed by atoms with van der Waals surface area (Å²) in [6.07, 6.45) is -6.29.